The molecule has 3 aromatic rings. The summed E-state index contributed by atoms with van der Waals surface area (Å²) in [5.41, 5.74) is 0.837. The Kier molecular flexibility index (Phi) is 6.55. The van der Waals surface area contributed by atoms with Crippen LogP contribution in [0.3, 0.4) is 0 Å². The lowest BCUT2D eigenvalue weighted by Gasteiger charge is -2.20. The number of likely N-dealkylation sites (N-methyl/N-ethyl adjacent to an activating group) is 1. The van der Waals surface area contributed by atoms with Crippen LogP contribution in [-0.4, -0.2) is 47.9 Å². The Morgan fingerprint density at radius 1 is 1.25 bits per heavy atom. The first kappa shape index (κ1) is 20.6. The number of carbonyl (C=O) groups excluding carboxylic acids is 1. The number of anilines is 1. The van der Waals surface area contributed by atoms with E-state index in [1.165, 1.54) is 23.5 Å². The molecule has 146 valence electrons. The van der Waals surface area contributed by atoms with Gasteiger partial charge in [-0.15, -0.1) is 0 Å². The highest BCUT2D eigenvalue weighted by atomic mass is 79.9. The molecule has 0 N–H and O–H groups in total. The number of thiazole rings is 1. The third-order valence-corrected chi connectivity index (χ3v) is 6.33. The fraction of sp³-hybridized carbons (Fsp3) is 0.222. The van der Waals surface area contributed by atoms with E-state index in [1.807, 2.05) is 37.2 Å². The number of halogens is 1. The van der Waals surface area contributed by atoms with E-state index in [1.54, 1.807) is 17.0 Å². The SMILES string of the molecule is CN(C)CCN(C(=O)C=Cc1ccc([N+](=O)[O-])s1)c1nc2ccc(Br)cc2s1. The van der Waals surface area contributed by atoms with E-state index in [0.29, 0.717) is 23.1 Å². The van der Waals surface area contributed by atoms with Gasteiger partial charge in [-0.1, -0.05) is 38.6 Å². The van der Waals surface area contributed by atoms with E-state index in [2.05, 4.69) is 20.9 Å². The van der Waals surface area contributed by atoms with Gasteiger partial charge < -0.3 is 4.90 Å². The molecule has 0 bridgehead atoms. The van der Waals surface area contributed by atoms with Crippen LogP contribution in [-0.2, 0) is 4.79 Å². The Morgan fingerprint density at radius 2 is 2.04 bits per heavy atom. The molecule has 0 aliphatic rings. The molecule has 2 aromatic heterocycles. The molecule has 0 fully saturated rings. The number of hydrogen-bond acceptors (Lipinski definition) is 7. The van der Waals surface area contributed by atoms with Gasteiger partial charge in [-0.25, -0.2) is 4.98 Å². The number of benzene rings is 1. The number of rotatable bonds is 7. The normalized spacial score (nSPS) is 11.6. The van der Waals surface area contributed by atoms with Crippen molar-refractivity contribution in [2.75, 3.05) is 32.1 Å². The molecule has 10 heteroatoms. The number of amides is 1. The average Bonchev–Trinajstić information content (AvgIpc) is 3.26. The summed E-state index contributed by atoms with van der Waals surface area (Å²) >= 11 is 5.94. The Bertz CT molecular complexity index is 1040. The van der Waals surface area contributed by atoms with Gasteiger partial charge in [0, 0.05) is 34.6 Å². The van der Waals surface area contributed by atoms with Crippen LogP contribution in [0.15, 0.2) is 40.9 Å². The van der Waals surface area contributed by atoms with Crippen LogP contribution in [0.25, 0.3) is 16.3 Å². The third-order valence-electron chi connectivity index (χ3n) is 3.79. The number of nitrogens with zero attached hydrogens (tertiary/aromatic N) is 4. The van der Waals surface area contributed by atoms with Gasteiger partial charge in [0.25, 0.3) is 5.91 Å². The van der Waals surface area contributed by atoms with Crippen LogP contribution in [0, 0.1) is 10.1 Å². The molecule has 7 nitrogen and oxygen atoms in total. The fourth-order valence-corrected chi connectivity index (χ4v) is 4.65. The van der Waals surface area contributed by atoms with Crippen molar-refractivity contribution in [3.63, 3.8) is 0 Å². The van der Waals surface area contributed by atoms with Crippen LogP contribution < -0.4 is 4.90 Å². The van der Waals surface area contributed by atoms with Crippen molar-refractivity contribution in [3.8, 4) is 0 Å². The number of thiophene rings is 1. The number of aromatic nitrogens is 1. The Balaban J connectivity index is 1.85. The molecule has 0 atom stereocenters. The monoisotopic (exact) mass is 480 g/mol. The summed E-state index contributed by atoms with van der Waals surface area (Å²) in [6.45, 7) is 1.17. The molecule has 2 heterocycles. The van der Waals surface area contributed by atoms with Crippen molar-refractivity contribution in [2.45, 2.75) is 0 Å². The van der Waals surface area contributed by atoms with E-state index >= 15 is 0 Å². The van der Waals surface area contributed by atoms with E-state index in [4.69, 9.17) is 0 Å². The van der Waals surface area contributed by atoms with E-state index < -0.39 is 4.92 Å². The predicted molar refractivity (Wildman–Crippen MR) is 118 cm³/mol. The summed E-state index contributed by atoms with van der Waals surface area (Å²) in [5, 5.41) is 11.5. The molecule has 3 rings (SSSR count). The lowest BCUT2D eigenvalue weighted by Crippen LogP contribution is -2.35. The van der Waals surface area contributed by atoms with Crippen LogP contribution in [0.4, 0.5) is 10.1 Å². The lowest BCUT2D eigenvalue weighted by atomic mass is 10.3. The number of nitro groups is 1. The zero-order valence-electron chi connectivity index (χ0n) is 15.2. The molecule has 1 aromatic carbocycles. The van der Waals surface area contributed by atoms with Gasteiger partial charge in [-0.05, 0) is 44.4 Å². The average molecular weight is 481 g/mol. The maximum Gasteiger partial charge on any atom is 0.324 e. The standard InChI is InChI=1S/C18H17BrN4O3S2/c1-21(2)9-10-22(18-20-14-6-3-12(19)11-15(14)28-18)16(24)7-4-13-5-8-17(27-13)23(25)26/h3-8,11H,9-10H2,1-2H3. The fourth-order valence-electron chi connectivity index (χ4n) is 2.38. The molecule has 0 aliphatic carbocycles. The first-order valence-electron chi connectivity index (χ1n) is 8.28. The van der Waals surface area contributed by atoms with Gasteiger partial charge in [0.15, 0.2) is 5.13 Å². The van der Waals surface area contributed by atoms with Crippen LogP contribution in [0.1, 0.15) is 4.88 Å². The van der Waals surface area contributed by atoms with Gasteiger partial charge in [-0.2, -0.15) is 0 Å². The Hall–Kier alpha value is -2.14. The smallest absolute Gasteiger partial charge is 0.308 e. The zero-order valence-corrected chi connectivity index (χ0v) is 18.4. The minimum atomic E-state index is -0.438. The summed E-state index contributed by atoms with van der Waals surface area (Å²) < 4.78 is 1.95. The molecule has 28 heavy (non-hydrogen) atoms. The highest BCUT2D eigenvalue weighted by Crippen LogP contribution is 2.31. The number of hydrogen-bond donors (Lipinski definition) is 0. The second kappa shape index (κ2) is 8.91. The van der Waals surface area contributed by atoms with Gasteiger partial charge >= 0.3 is 5.00 Å². The van der Waals surface area contributed by atoms with Gasteiger partial charge in [0.1, 0.15) is 0 Å². The highest BCUT2D eigenvalue weighted by molar-refractivity contribution is 9.10. The summed E-state index contributed by atoms with van der Waals surface area (Å²) in [4.78, 5) is 32.1. The second-order valence-corrected chi connectivity index (χ2v) is 9.19. The molecule has 0 aliphatic heterocycles. The second-order valence-electron chi connectivity index (χ2n) is 6.17. The van der Waals surface area contributed by atoms with Crippen LogP contribution in [0.5, 0.6) is 0 Å². The van der Waals surface area contributed by atoms with Crippen molar-refractivity contribution in [2.24, 2.45) is 0 Å². The molecule has 0 unspecified atom stereocenters. The first-order valence-corrected chi connectivity index (χ1v) is 10.7. The third kappa shape index (κ3) is 5.02. The Labute approximate surface area is 178 Å². The van der Waals surface area contributed by atoms with Gasteiger partial charge in [-0.3, -0.25) is 19.8 Å². The van der Waals surface area contributed by atoms with Crippen molar-refractivity contribution in [3.05, 3.63) is 55.9 Å². The maximum atomic E-state index is 12.9. The molecule has 0 saturated heterocycles. The topological polar surface area (TPSA) is 79.6 Å². The van der Waals surface area contributed by atoms with E-state index in [-0.39, 0.29) is 10.9 Å². The van der Waals surface area contributed by atoms with Crippen molar-refractivity contribution in [1.82, 2.24) is 9.88 Å². The lowest BCUT2D eigenvalue weighted by molar-refractivity contribution is -0.380. The zero-order chi connectivity index (χ0) is 20.3. The quantitative estimate of drug-likeness (QED) is 0.279. The summed E-state index contributed by atoms with van der Waals surface area (Å²) in [7, 11) is 3.89. The Morgan fingerprint density at radius 3 is 2.71 bits per heavy atom. The summed E-state index contributed by atoms with van der Waals surface area (Å²) in [6, 6.07) is 8.87. The molecule has 0 spiro atoms. The number of carbonyl (C=O) groups is 1. The van der Waals surface area contributed by atoms with Crippen molar-refractivity contribution < 1.29 is 9.72 Å². The van der Waals surface area contributed by atoms with Crippen molar-refractivity contribution in [1.29, 1.82) is 0 Å². The van der Waals surface area contributed by atoms with Gasteiger partial charge in [0.2, 0.25) is 0 Å². The van der Waals surface area contributed by atoms with E-state index in [0.717, 1.165) is 26.0 Å². The number of fused-ring (bicyclic) bond motifs is 1. The largest absolute Gasteiger partial charge is 0.324 e. The summed E-state index contributed by atoms with van der Waals surface area (Å²) in [6.07, 6.45) is 3.04. The van der Waals surface area contributed by atoms with Crippen LogP contribution >= 0.6 is 38.6 Å². The maximum absolute atomic E-state index is 12.9. The highest BCUT2D eigenvalue weighted by Gasteiger charge is 2.18. The van der Waals surface area contributed by atoms with Crippen molar-refractivity contribution >= 4 is 70.9 Å². The van der Waals surface area contributed by atoms with E-state index in [9.17, 15) is 14.9 Å². The molecule has 0 radical (unpaired) electrons. The molecular formula is C18H17BrN4O3S2. The first-order chi connectivity index (χ1) is 13.3. The van der Waals surface area contributed by atoms with Gasteiger partial charge in [0.05, 0.1) is 15.1 Å². The van der Waals surface area contributed by atoms with Crippen LogP contribution in [0.2, 0.25) is 0 Å². The minimum Gasteiger partial charge on any atom is -0.308 e. The predicted octanol–water partition coefficient (Wildman–Crippen LogP) is 4.64. The minimum absolute atomic E-state index is 0.0494. The molecule has 0 saturated carbocycles. The molecule has 1 amide bonds. The molecular weight excluding hydrogens is 464 g/mol. The summed E-state index contributed by atoms with van der Waals surface area (Å²) in [5.74, 6) is -0.212.